The van der Waals surface area contributed by atoms with Crippen molar-refractivity contribution in [1.82, 2.24) is 5.32 Å². The molecule has 1 nitrogen and oxygen atoms in total. The van der Waals surface area contributed by atoms with Crippen molar-refractivity contribution in [3.63, 3.8) is 0 Å². The zero-order chi connectivity index (χ0) is 11.5. The minimum atomic E-state index is 0.628. The van der Waals surface area contributed by atoms with Crippen LogP contribution in [0.4, 0.5) is 0 Å². The van der Waals surface area contributed by atoms with Gasteiger partial charge >= 0.3 is 0 Å². The zero-order valence-electron chi connectivity index (χ0n) is 10.6. The standard InChI is InChI=1S/C16H23N/c1-2-9-14(10-3-1)17-16-12-6-8-13-7-4-5-11-15(13)16/h4-5,7,11,14,16-17H,1-3,6,8-10,12H2. The summed E-state index contributed by atoms with van der Waals surface area (Å²) in [7, 11) is 0. The summed E-state index contributed by atoms with van der Waals surface area (Å²) in [6.45, 7) is 0. The molecule has 0 bridgehead atoms. The summed E-state index contributed by atoms with van der Waals surface area (Å²) in [6.07, 6.45) is 11.0. The van der Waals surface area contributed by atoms with Crippen molar-refractivity contribution >= 4 is 0 Å². The Bertz CT molecular complexity index is 366. The number of hydrogen-bond donors (Lipinski definition) is 1. The van der Waals surface area contributed by atoms with Gasteiger partial charge in [-0.05, 0) is 43.2 Å². The van der Waals surface area contributed by atoms with Gasteiger partial charge in [-0.1, -0.05) is 43.5 Å². The fourth-order valence-electron chi connectivity index (χ4n) is 3.48. The lowest BCUT2D eigenvalue weighted by molar-refractivity contribution is 0.321. The summed E-state index contributed by atoms with van der Waals surface area (Å²) in [5.74, 6) is 0. The van der Waals surface area contributed by atoms with Gasteiger partial charge in [0.25, 0.3) is 0 Å². The number of hydrogen-bond acceptors (Lipinski definition) is 1. The molecule has 1 unspecified atom stereocenters. The smallest absolute Gasteiger partial charge is 0.0325 e. The van der Waals surface area contributed by atoms with E-state index in [1.165, 1.54) is 51.4 Å². The molecule has 0 aromatic heterocycles. The van der Waals surface area contributed by atoms with Crippen LogP contribution in [0.3, 0.4) is 0 Å². The van der Waals surface area contributed by atoms with E-state index in [1.54, 1.807) is 11.1 Å². The summed E-state index contributed by atoms with van der Waals surface area (Å²) < 4.78 is 0. The molecule has 1 aromatic rings. The lowest BCUT2D eigenvalue weighted by atomic mass is 9.86. The van der Waals surface area contributed by atoms with Crippen molar-refractivity contribution < 1.29 is 0 Å². The maximum absolute atomic E-state index is 3.91. The normalized spacial score (nSPS) is 25.5. The Morgan fingerprint density at radius 1 is 0.882 bits per heavy atom. The van der Waals surface area contributed by atoms with Gasteiger partial charge in [-0.3, -0.25) is 0 Å². The van der Waals surface area contributed by atoms with E-state index in [-0.39, 0.29) is 0 Å². The van der Waals surface area contributed by atoms with Crippen molar-refractivity contribution in [2.75, 3.05) is 0 Å². The summed E-state index contributed by atoms with van der Waals surface area (Å²) >= 11 is 0. The molecule has 2 aliphatic rings. The lowest BCUT2D eigenvalue weighted by Gasteiger charge is -2.32. The van der Waals surface area contributed by atoms with Crippen LogP contribution in [-0.4, -0.2) is 6.04 Å². The molecule has 0 spiro atoms. The molecule has 1 heteroatoms. The van der Waals surface area contributed by atoms with Crippen LogP contribution in [-0.2, 0) is 6.42 Å². The van der Waals surface area contributed by atoms with Crippen molar-refractivity contribution in [3.05, 3.63) is 35.4 Å². The highest BCUT2D eigenvalue weighted by Crippen LogP contribution is 2.31. The second-order valence-electron chi connectivity index (χ2n) is 5.65. The molecular formula is C16H23N. The maximum Gasteiger partial charge on any atom is 0.0325 e. The van der Waals surface area contributed by atoms with Crippen LogP contribution >= 0.6 is 0 Å². The number of aryl methyl sites for hydroxylation is 1. The van der Waals surface area contributed by atoms with Crippen LogP contribution in [0.5, 0.6) is 0 Å². The van der Waals surface area contributed by atoms with Crippen molar-refractivity contribution in [1.29, 1.82) is 0 Å². The predicted molar refractivity (Wildman–Crippen MR) is 72.1 cm³/mol. The van der Waals surface area contributed by atoms with Crippen LogP contribution in [0.1, 0.15) is 62.1 Å². The van der Waals surface area contributed by atoms with E-state index >= 15 is 0 Å². The first-order valence-electron chi connectivity index (χ1n) is 7.27. The molecule has 1 atom stereocenters. The second-order valence-corrected chi connectivity index (χ2v) is 5.65. The van der Waals surface area contributed by atoms with E-state index < -0.39 is 0 Å². The van der Waals surface area contributed by atoms with Gasteiger partial charge in [0.2, 0.25) is 0 Å². The van der Waals surface area contributed by atoms with E-state index in [2.05, 4.69) is 29.6 Å². The number of nitrogens with one attached hydrogen (secondary N) is 1. The van der Waals surface area contributed by atoms with E-state index in [1.807, 2.05) is 0 Å². The first-order chi connectivity index (χ1) is 8.43. The summed E-state index contributed by atoms with van der Waals surface area (Å²) in [4.78, 5) is 0. The number of benzene rings is 1. The highest BCUT2D eigenvalue weighted by Gasteiger charge is 2.23. The third-order valence-electron chi connectivity index (χ3n) is 4.41. The first kappa shape index (κ1) is 11.3. The SMILES string of the molecule is c1ccc2c(c1)CCCC2NC1CCCCC1. The van der Waals surface area contributed by atoms with Gasteiger partial charge in [0.1, 0.15) is 0 Å². The van der Waals surface area contributed by atoms with Crippen molar-refractivity contribution in [3.8, 4) is 0 Å². The van der Waals surface area contributed by atoms with E-state index in [0.717, 1.165) is 6.04 Å². The largest absolute Gasteiger partial charge is 0.307 e. The van der Waals surface area contributed by atoms with Gasteiger partial charge < -0.3 is 5.32 Å². The second kappa shape index (κ2) is 5.22. The van der Waals surface area contributed by atoms with Crippen molar-refractivity contribution in [2.24, 2.45) is 0 Å². The minimum Gasteiger partial charge on any atom is -0.307 e. The Kier molecular flexibility index (Phi) is 3.46. The third kappa shape index (κ3) is 2.55. The van der Waals surface area contributed by atoms with Crippen LogP contribution < -0.4 is 5.32 Å². The first-order valence-corrected chi connectivity index (χ1v) is 7.27. The topological polar surface area (TPSA) is 12.0 Å². The highest BCUT2D eigenvalue weighted by molar-refractivity contribution is 5.32. The fourth-order valence-corrected chi connectivity index (χ4v) is 3.48. The molecule has 0 amide bonds. The Labute approximate surface area is 105 Å². The lowest BCUT2D eigenvalue weighted by Crippen LogP contribution is -2.35. The van der Waals surface area contributed by atoms with Gasteiger partial charge in [0.05, 0.1) is 0 Å². The quantitative estimate of drug-likeness (QED) is 0.808. The number of fused-ring (bicyclic) bond motifs is 1. The van der Waals surface area contributed by atoms with Crippen molar-refractivity contribution in [2.45, 2.75) is 63.5 Å². The fraction of sp³-hybridized carbons (Fsp3) is 0.625. The molecule has 1 aromatic carbocycles. The van der Waals surface area contributed by atoms with Gasteiger partial charge in [-0.25, -0.2) is 0 Å². The zero-order valence-corrected chi connectivity index (χ0v) is 10.6. The molecular weight excluding hydrogens is 206 g/mol. The van der Waals surface area contributed by atoms with Crippen LogP contribution in [0, 0.1) is 0 Å². The molecule has 1 saturated carbocycles. The average molecular weight is 229 g/mol. The summed E-state index contributed by atoms with van der Waals surface area (Å²) in [6, 6.07) is 10.4. The maximum atomic E-state index is 3.91. The number of rotatable bonds is 2. The van der Waals surface area contributed by atoms with E-state index in [9.17, 15) is 0 Å². The molecule has 17 heavy (non-hydrogen) atoms. The third-order valence-corrected chi connectivity index (χ3v) is 4.41. The molecule has 92 valence electrons. The van der Waals surface area contributed by atoms with E-state index in [0.29, 0.717) is 6.04 Å². The van der Waals surface area contributed by atoms with Gasteiger partial charge in [-0.2, -0.15) is 0 Å². The Balaban J connectivity index is 1.71. The van der Waals surface area contributed by atoms with Gasteiger partial charge in [0.15, 0.2) is 0 Å². The Morgan fingerprint density at radius 2 is 1.71 bits per heavy atom. The molecule has 2 aliphatic carbocycles. The summed E-state index contributed by atoms with van der Waals surface area (Å²) in [5.41, 5.74) is 3.15. The predicted octanol–water partition coefficient (Wildman–Crippen LogP) is 3.99. The Hall–Kier alpha value is -0.820. The van der Waals surface area contributed by atoms with Crippen LogP contribution in [0.2, 0.25) is 0 Å². The minimum absolute atomic E-state index is 0.628. The highest BCUT2D eigenvalue weighted by atomic mass is 15.0. The van der Waals surface area contributed by atoms with Crippen LogP contribution in [0.25, 0.3) is 0 Å². The van der Waals surface area contributed by atoms with E-state index in [4.69, 9.17) is 0 Å². The van der Waals surface area contributed by atoms with Gasteiger partial charge in [0, 0.05) is 12.1 Å². The molecule has 1 fully saturated rings. The molecule has 1 N–H and O–H groups in total. The molecule has 3 rings (SSSR count). The molecule has 0 saturated heterocycles. The van der Waals surface area contributed by atoms with Crippen LogP contribution in [0.15, 0.2) is 24.3 Å². The molecule has 0 aliphatic heterocycles. The Morgan fingerprint density at radius 3 is 2.59 bits per heavy atom. The monoisotopic (exact) mass is 229 g/mol. The molecule has 0 radical (unpaired) electrons. The molecule has 0 heterocycles. The summed E-state index contributed by atoms with van der Waals surface area (Å²) in [5, 5.41) is 3.91. The van der Waals surface area contributed by atoms with Gasteiger partial charge in [-0.15, -0.1) is 0 Å². The average Bonchev–Trinajstić information content (AvgIpc) is 2.40.